The van der Waals surface area contributed by atoms with E-state index in [1.807, 2.05) is 42.6 Å². The van der Waals surface area contributed by atoms with E-state index in [1.54, 1.807) is 6.07 Å². The number of carboxylic acids is 1. The second kappa shape index (κ2) is 6.34. The zero-order valence-electron chi connectivity index (χ0n) is 11.1. The number of amides is 1. The van der Waals surface area contributed by atoms with Gasteiger partial charge in [-0.05, 0) is 30.5 Å². The Bertz CT molecular complexity index is 590. The fourth-order valence-electron chi connectivity index (χ4n) is 1.81. The van der Waals surface area contributed by atoms with E-state index in [0.29, 0.717) is 4.88 Å². The third kappa shape index (κ3) is 3.45. The molecular weight excluding hydrogens is 274 g/mol. The van der Waals surface area contributed by atoms with Crippen LogP contribution < -0.4 is 4.90 Å². The number of rotatable bonds is 5. The summed E-state index contributed by atoms with van der Waals surface area (Å²) in [5, 5.41) is 10.7. The van der Waals surface area contributed by atoms with Crippen LogP contribution in [-0.2, 0) is 4.79 Å². The maximum atomic E-state index is 12.4. The molecule has 2 rings (SSSR count). The minimum Gasteiger partial charge on any atom is -0.481 e. The summed E-state index contributed by atoms with van der Waals surface area (Å²) in [5.41, 5.74) is 1.81. The van der Waals surface area contributed by atoms with Gasteiger partial charge in [0.2, 0.25) is 0 Å². The van der Waals surface area contributed by atoms with Crippen LogP contribution >= 0.6 is 11.3 Å². The van der Waals surface area contributed by atoms with Gasteiger partial charge in [-0.2, -0.15) is 0 Å². The summed E-state index contributed by atoms with van der Waals surface area (Å²) in [7, 11) is 0. The van der Waals surface area contributed by atoms with Crippen LogP contribution in [-0.4, -0.2) is 23.5 Å². The van der Waals surface area contributed by atoms with Crippen molar-refractivity contribution in [3.05, 3.63) is 52.2 Å². The Morgan fingerprint density at radius 1 is 1.20 bits per heavy atom. The number of aliphatic carboxylic acids is 1. The summed E-state index contributed by atoms with van der Waals surface area (Å²) in [6, 6.07) is 11.0. The van der Waals surface area contributed by atoms with E-state index < -0.39 is 5.97 Å². The van der Waals surface area contributed by atoms with Crippen LogP contribution in [0.5, 0.6) is 0 Å². The topological polar surface area (TPSA) is 57.6 Å². The number of carboxylic acid groups (broad SMARTS) is 1. The van der Waals surface area contributed by atoms with Crippen molar-refractivity contribution in [2.45, 2.75) is 13.3 Å². The minimum atomic E-state index is -0.916. The van der Waals surface area contributed by atoms with Gasteiger partial charge in [-0.3, -0.25) is 9.59 Å². The van der Waals surface area contributed by atoms with Crippen molar-refractivity contribution >= 4 is 28.9 Å². The SMILES string of the molecule is Cc1ccc(N(CCC(=O)O)C(=O)c2cccs2)cc1. The van der Waals surface area contributed by atoms with Gasteiger partial charge in [0, 0.05) is 12.2 Å². The van der Waals surface area contributed by atoms with Crippen LogP contribution in [0, 0.1) is 6.92 Å². The molecule has 4 nitrogen and oxygen atoms in total. The summed E-state index contributed by atoms with van der Waals surface area (Å²) < 4.78 is 0. The maximum absolute atomic E-state index is 12.4. The molecule has 104 valence electrons. The first-order chi connectivity index (χ1) is 9.58. The maximum Gasteiger partial charge on any atom is 0.305 e. The summed E-state index contributed by atoms with van der Waals surface area (Å²) in [6.07, 6.45) is -0.0784. The molecule has 0 aliphatic rings. The largest absolute Gasteiger partial charge is 0.481 e. The highest BCUT2D eigenvalue weighted by Crippen LogP contribution is 2.20. The lowest BCUT2D eigenvalue weighted by Gasteiger charge is -2.21. The van der Waals surface area contributed by atoms with E-state index in [4.69, 9.17) is 5.11 Å². The van der Waals surface area contributed by atoms with Crippen molar-refractivity contribution in [3.8, 4) is 0 Å². The normalized spacial score (nSPS) is 10.2. The molecular formula is C15H15NO3S. The van der Waals surface area contributed by atoms with Crippen molar-refractivity contribution in [1.29, 1.82) is 0 Å². The van der Waals surface area contributed by atoms with Gasteiger partial charge < -0.3 is 10.0 Å². The molecule has 20 heavy (non-hydrogen) atoms. The summed E-state index contributed by atoms with van der Waals surface area (Å²) in [5.74, 6) is -1.08. The van der Waals surface area contributed by atoms with Gasteiger partial charge in [0.1, 0.15) is 0 Å². The molecule has 0 saturated heterocycles. The molecule has 0 saturated carbocycles. The number of carbonyl (C=O) groups is 2. The number of carbonyl (C=O) groups excluding carboxylic acids is 1. The van der Waals surface area contributed by atoms with Crippen molar-refractivity contribution in [1.82, 2.24) is 0 Å². The Morgan fingerprint density at radius 2 is 1.90 bits per heavy atom. The van der Waals surface area contributed by atoms with Gasteiger partial charge in [0.05, 0.1) is 11.3 Å². The average Bonchev–Trinajstić information content (AvgIpc) is 2.94. The molecule has 0 unspecified atom stereocenters. The highest BCUT2D eigenvalue weighted by Gasteiger charge is 2.19. The van der Waals surface area contributed by atoms with Gasteiger partial charge in [-0.25, -0.2) is 0 Å². The van der Waals surface area contributed by atoms with Crippen molar-refractivity contribution in [2.24, 2.45) is 0 Å². The molecule has 1 aromatic carbocycles. The standard InChI is InChI=1S/C15H15NO3S/c1-11-4-6-12(7-5-11)16(9-8-14(17)18)15(19)13-3-2-10-20-13/h2-7,10H,8-9H2,1H3,(H,17,18). The van der Waals surface area contributed by atoms with Gasteiger partial charge >= 0.3 is 5.97 Å². The van der Waals surface area contributed by atoms with Crippen LogP contribution in [0.25, 0.3) is 0 Å². The van der Waals surface area contributed by atoms with Crippen LogP contribution in [0.4, 0.5) is 5.69 Å². The van der Waals surface area contributed by atoms with Crippen LogP contribution in [0.2, 0.25) is 0 Å². The molecule has 0 bridgehead atoms. The summed E-state index contributed by atoms with van der Waals surface area (Å²) in [6.45, 7) is 2.13. The lowest BCUT2D eigenvalue weighted by atomic mass is 10.2. The third-order valence-electron chi connectivity index (χ3n) is 2.87. The molecule has 1 heterocycles. The molecule has 0 atom stereocenters. The van der Waals surface area contributed by atoms with E-state index in [9.17, 15) is 9.59 Å². The highest BCUT2D eigenvalue weighted by atomic mass is 32.1. The Balaban J connectivity index is 2.26. The molecule has 1 aromatic heterocycles. The smallest absolute Gasteiger partial charge is 0.305 e. The molecule has 1 N–H and O–H groups in total. The Labute approximate surface area is 121 Å². The number of benzene rings is 1. The molecule has 1 amide bonds. The first kappa shape index (κ1) is 14.3. The molecule has 0 spiro atoms. The van der Waals surface area contributed by atoms with Crippen LogP contribution in [0.3, 0.4) is 0 Å². The van der Waals surface area contributed by atoms with Crippen LogP contribution in [0.15, 0.2) is 41.8 Å². The number of nitrogens with zero attached hydrogens (tertiary/aromatic N) is 1. The highest BCUT2D eigenvalue weighted by molar-refractivity contribution is 7.12. The number of hydrogen-bond donors (Lipinski definition) is 1. The lowest BCUT2D eigenvalue weighted by molar-refractivity contribution is -0.136. The fourth-order valence-corrected chi connectivity index (χ4v) is 2.49. The second-order valence-corrected chi connectivity index (χ2v) is 5.36. The number of hydrogen-bond acceptors (Lipinski definition) is 3. The molecule has 0 aliphatic heterocycles. The zero-order valence-corrected chi connectivity index (χ0v) is 11.9. The first-order valence-electron chi connectivity index (χ1n) is 6.22. The van der Waals surface area contributed by atoms with E-state index >= 15 is 0 Å². The van der Waals surface area contributed by atoms with E-state index in [2.05, 4.69) is 0 Å². The summed E-state index contributed by atoms with van der Waals surface area (Å²) >= 11 is 1.35. The number of aryl methyl sites for hydroxylation is 1. The predicted octanol–water partition coefficient (Wildman–Crippen LogP) is 3.18. The van der Waals surface area contributed by atoms with E-state index in [-0.39, 0.29) is 18.9 Å². The Kier molecular flexibility index (Phi) is 4.53. The van der Waals surface area contributed by atoms with Crippen LogP contribution in [0.1, 0.15) is 21.7 Å². The monoisotopic (exact) mass is 289 g/mol. The van der Waals surface area contributed by atoms with Gasteiger partial charge in [0.25, 0.3) is 5.91 Å². The van der Waals surface area contributed by atoms with Gasteiger partial charge in [0.15, 0.2) is 0 Å². The van der Waals surface area contributed by atoms with Crippen molar-refractivity contribution in [3.63, 3.8) is 0 Å². The molecule has 0 radical (unpaired) electrons. The van der Waals surface area contributed by atoms with Crippen molar-refractivity contribution in [2.75, 3.05) is 11.4 Å². The second-order valence-electron chi connectivity index (χ2n) is 4.41. The van der Waals surface area contributed by atoms with E-state index in [0.717, 1.165) is 11.3 Å². The number of anilines is 1. The van der Waals surface area contributed by atoms with Crippen molar-refractivity contribution < 1.29 is 14.7 Å². The predicted molar refractivity (Wildman–Crippen MR) is 79.4 cm³/mol. The molecule has 0 aliphatic carbocycles. The first-order valence-corrected chi connectivity index (χ1v) is 7.10. The third-order valence-corrected chi connectivity index (χ3v) is 3.73. The number of thiophene rings is 1. The van der Waals surface area contributed by atoms with E-state index in [1.165, 1.54) is 16.2 Å². The Hall–Kier alpha value is -2.14. The van der Waals surface area contributed by atoms with Gasteiger partial charge in [-0.15, -0.1) is 11.3 Å². The molecule has 5 heteroatoms. The molecule has 2 aromatic rings. The molecule has 0 fully saturated rings. The zero-order chi connectivity index (χ0) is 14.5. The quantitative estimate of drug-likeness (QED) is 0.919. The average molecular weight is 289 g/mol. The summed E-state index contributed by atoms with van der Waals surface area (Å²) in [4.78, 5) is 25.3. The lowest BCUT2D eigenvalue weighted by Crippen LogP contribution is -2.32. The minimum absolute atomic E-state index is 0.0784. The Morgan fingerprint density at radius 3 is 2.45 bits per heavy atom. The fraction of sp³-hybridized carbons (Fsp3) is 0.200. The van der Waals surface area contributed by atoms with Gasteiger partial charge in [-0.1, -0.05) is 23.8 Å².